The van der Waals surface area contributed by atoms with Crippen molar-refractivity contribution < 1.29 is 19.0 Å². The van der Waals surface area contributed by atoms with Gasteiger partial charge in [-0.1, -0.05) is 6.07 Å². The van der Waals surface area contributed by atoms with Crippen LogP contribution in [-0.4, -0.2) is 75.6 Å². The third kappa shape index (κ3) is 4.99. The summed E-state index contributed by atoms with van der Waals surface area (Å²) in [5, 5.41) is 3.03. The van der Waals surface area contributed by atoms with Gasteiger partial charge in [-0.05, 0) is 37.1 Å². The molecule has 3 rings (SSSR count). The second kappa shape index (κ2) is 8.92. The van der Waals surface area contributed by atoms with Crippen molar-refractivity contribution in [2.24, 2.45) is 0 Å². The first-order chi connectivity index (χ1) is 12.3. The topological polar surface area (TPSA) is 63.3 Å². The minimum absolute atomic E-state index is 0.0225. The Morgan fingerprint density at radius 2 is 2.08 bits per heavy atom. The predicted molar refractivity (Wildman–Crippen MR) is 94.2 cm³/mol. The number of amides is 2. The lowest BCUT2D eigenvalue weighted by Crippen LogP contribution is -2.42. The van der Waals surface area contributed by atoms with E-state index in [0.29, 0.717) is 6.54 Å². The van der Waals surface area contributed by atoms with E-state index in [1.165, 1.54) is 0 Å². The molecule has 2 aliphatic rings. The third-order valence-corrected chi connectivity index (χ3v) is 4.61. The number of rotatable bonds is 6. The highest BCUT2D eigenvalue weighted by atomic mass is 16.7. The van der Waals surface area contributed by atoms with E-state index in [1.54, 1.807) is 7.11 Å². The van der Waals surface area contributed by atoms with E-state index < -0.39 is 0 Å². The zero-order chi connectivity index (χ0) is 17.5. The number of methoxy groups -OCH3 is 1. The molecule has 1 N–H and O–H groups in total. The Balaban J connectivity index is 1.40. The van der Waals surface area contributed by atoms with Crippen LogP contribution in [0.25, 0.3) is 0 Å². The van der Waals surface area contributed by atoms with Gasteiger partial charge in [-0.25, -0.2) is 4.79 Å². The maximum atomic E-state index is 12.4. The molecule has 138 valence electrons. The summed E-state index contributed by atoms with van der Waals surface area (Å²) in [6, 6.07) is 5.94. The number of carbonyl (C=O) groups is 1. The van der Waals surface area contributed by atoms with Crippen molar-refractivity contribution in [2.45, 2.75) is 12.8 Å². The van der Waals surface area contributed by atoms with Crippen molar-refractivity contribution in [1.29, 1.82) is 0 Å². The van der Waals surface area contributed by atoms with Gasteiger partial charge in [-0.3, -0.25) is 4.90 Å². The van der Waals surface area contributed by atoms with Crippen LogP contribution in [0.3, 0.4) is 0 Å². The quantitative estimate of drug-likeness (QED) is 0.839. The second-order valence-corrected chi connectivity index (χ2v) is 6.34. The van der Waals surface area contributed by atoms with Gasteiger partial charge in [-0.2, -0.15) is 0 Å². The molecule has 0 bridgehead atoms. The van der Waals surface area contributed by atoms with E-state index in [-0.39, 0.29) is 12.8 Å². The Bertz CT molecular complexity index is 581. The van der Waals surface area contributed by atoms with Crippen molar-refractivity contribution in [3.63, 3.8) is 0 Å². The van der Waals surface area contributed by atoms with E-state index in [4.69, 9.17) is 14.2 Å². The van der Waals surface area contributed by atoms with Gasteiger partial charge in [0.05, 0.1) is 6.61 Å². The van der Waals surface area contributed by atoms with Gasteiger partial charge in [0, 0.05) is 39.8 Å². The van der Waals surface area contributed by atoms with E-state index >= 15 is 0 Å². The predicted octanol–water partition coefficient (Wildman–Crippen LogP) is 1.32. The lowest BCUT2D eigenvalue weighted by molar-refractivity contribution is 0.149. The van der Waals surface area contributed by atoms with Crippen molar-refractivity contribution >= 4 is 6.03 Å². The Morgan fingerprint density at radius 1 is 1.20 bits per heavy atom. The van der Waals surface area contributed by atoms with E-state index in [0.717, 1.165) is 69.2 Å². The molecule has 0 aromatic heterocycles. The molecule has 25 heavy (non-hydrogen) atoms. The average Bonchev–Trinajstić information content (AvgIpc) is 2.96. The number of ether oxygens (including phenoxy) is 3. The Hall–Kier alpha value is -1.99. The molecule has 1 saturated heterocycles. The monoisotopic (exact) mass is 349 g/mol. The van der Waals surface area contributed by atoms with Crippen molar-refractivity contribution in [3.05, 3.63) is 23.8 Å². The average molecular weight is 349 g/mol. The summed E-state index contributed by atoms with van der Waals surface area (Å²) in [6.07, 6.45) is 1.77. The molecule has 0 saturated carbocycles. The SMILES string of the molecule is COCCN1CCCN(C(=O)NCCc2ccc3c(c2)OCO3)CC1. The maximum Gasteiger partial charge on any atom is 0.317 e. The molecule has 0 radical (unpaired) electrons. The summed E-state index contributed by atoms with van der Waals surface area (Å²) in [4.78, 5) is 16.6. The van der Waals surface area contributed by atoms with Gasteiger partial charge in [-0.15, -0.1) is 0 Å². The number of benzene rings is 1. The van der Waals surface area contributed by atoms with Crippen LogP contribution < -0.4 is 14.8 Å². The summed E-state index contributed by atoms with van der Waals surface area (Å²) in [6.45, 7) is 6.05. The molecule has 0 atom stereocenters. The van der Waals surface area contributed by atoms with Gasteiger partial charge >= 0.3 is 6.03 Å². The minimum Gasteiger partial charge on any atom is -0.454 e. The first kappa shape index (κ1) is 17.8. The zero-order valence-electron chi connectivity index (χ0n) is 14.8. The number of nitrogens with one attached hydrogen (secondary N) is 1. The number of carbonyl (C=O) groups excluding carboxylic acids is 1. The van der Waals surface area contributed by atoms with Crippen molar-refractivity contribution in [1.82, 2.24) is 15.1 Å². The number of urea groups is 1. The highest BCUT2D eigenvalue weighted by molar-refractivity contribution is 5.74. The summed E-state index contributed by atoms with van der Waals surface area (Å²) in [5.41, 5.74) is 1.13. The molecule has 0 unspecified atom stereocenters. The molecule has 7 nitrogen and oxygen atoms in total. The molecular formula is C18H27N3O4. The van der Waals surface area contributed by atoms with Crippen LogP contribution in [0, 0.1) is 0 Å². The second-order valence-electron chi connectivity index (χ2n) is 6.34. The van der Waals surface area contributed by atoms with Crippen LogP contribution in [0.5, 0.6) is 11.5 Å². The lowest BCUT2D eigenvalue weighted by Gasteiger charge is -2.22. The van der Waals surface area contributed by atoms with Gasteiger partial charge in [0.2, 0.25) is 6.79 Å². The van der Waals surface area contributed by atoms with Crippen LogP contribution in [0.4, 0.5) is 4.79 Å². The smallest absolute Gasteiger partial charge is 0.317 e. The van der Waals surface area contributed by atoms with Crippen LogP contribution in [0.1, 0.15) is 12.0 Å². The molecule has 7 heteroatoms. The van der Waals surface area contributed by atoms with E-state index in [2.05, 4.69) is 10.2 Å². The molecule has 1 aromatic carbocycles. The Labute approximate surface area is 148 Å². The molecule has 1 aromatic rings. The van der Waals surface area contributed by atoms with E-state index in [1.807, 2.05) is 23.1 Å². The Kier molecular flexibility index (Phi) is 6.36. The van der Waals surface area contributed by atoms with Crippen LogP contribution in [-0.2, 0) is 11.2 Å². The maximum absolute atomic E-state index is 12.4. The summed E-state index contributed by atoms with van der Waals surface area (Å²) in [5.74, 6) is 1.57. The Morgan fingerprint density at radius 3 is 2.96 bits per heavy atom. The highest BCUT2D eigenvalue weighted by Crippen LogP contribution is 2.32. The van der Waals surface area contributed by atoms with E-state index in [9.17, 15) is 4.79 Å². The summed E-state index contributed by atoms with van der Waals surface area (Å²) in [7, 11) is 1.72. The standard InChI is InChI=1S/C18H27N3O4/c1-23-12-11-20-7-2-8-21(10-9-20)18(22)19-6-5-15-3-4-16-17(13-15)25-14-24-16/h3-4,13H,2,5-12,14H2,1H3,(H,19,22). The van der Waals surface area contributed by atoms with Crippen molar-refractivity contribution in [3.8, 4) is 11.5 Å². The van der Waals surface area contributed by atoms with Crippen LogP contribution in [0.2, 0.25) is 0 Å². The fourth-order valence-electron chi connectivity index (χ4n) is 3.14. The minimum atomic E-state index is 0.0225. The number of hydrogen-bond acceptors (Lipinski definition) is 5. The molecule has 2 aliphatic heterocycles. The fraction of sp³-hybridized carbons (Fsp3) is 0.611. The molecule has 0 aliphatic carbocycles. The number of nitrogens with zero attached hydrogens (tertiary/aromatic N) is 2. The molecular weight excluding hydrogens is 322 g/mol. The number of fused-ring (bicyclic) bond motifs is 1. The molecule has 0 spiro atoms. The summed E-state index contributed by atoms with van der Waals surface area (Å²) >= 11 is 0. The third-order valence-electron chi connectivity index (χ3n) is 4.61. The molecule has 2 heterocycles. The van der Waals surface area contributed by atoms with Gasteiger partial charge < -0.3 is 24.4 Å². The zero-order valence-corrected chi connectivity index (χ0v) is 14.8. The molecule has 1 fully saturated rings. The first-order valence-electron chi connectivity index (χ1n) is 8.89. The first-order valence-corrected chi connectivity index (χ1v) is 8.89. The highest BCUT2D eigenvalue weighted by Gasteiger charge is 2.18. The normalized spacial score (nSPS) is 17.4. The van der Waals surface area contributed by atoms with Crippen LogP contribution in [0.15, 0.2) is 18.2 Å². The van der Waals surface area contributed by atoms with Crippen LogP contribution >= 0.6 is 0 Å². The fourth-order valence-corrected chi connectivity index (χ4v) is 3.14. The largest absolute Gasteiger partial charge is 0.454 e. The van der Waals surface area contributed by atoms with Gasteiger partial charge in [0.15, 0.2) is 11.5 Å². The lowest BCUT2D eigenvalue weighted by atomic mass is 10.1. The number of hydrogen-bond donors (Lipinski definition) is 1. The van der Waals surface area contributed by atoms with Gasteiger partial charge in [0.1, 0.15) is 0 Å². The van der Waals surface area contributed by atoms with Crippen molar-refractivity contribution in [2.75, 3.05) is 59.8 Å². The summed E-state index contributed by atoms with van der Waals surface area (Å²) < 4.78 is 15.8. The molecule has 2 amide bonds. The van der Waals surface area contributed by atoms with Gasteiger partial charge in [0.25, 0.3) is 0 Å².